The second-order valence-electron chi connectivity index (χ2n) is 9.65. The minimum atomic E-state index is -3.32. The maximum atomic E-state index is 14.4. The van der Waals surface area contributed by atoms with Crippen LogP contribution < -0.4 is 0 Å². The first-order chi connectivity index (χ1) is 17.2. The smallest absolute Gasteiger partial charge is 0.255 e. The lowest BCUT2D eigenvalue weighted by Gasteiger charge is -2.37. The van der Waals surface area contributed by atoms with E-state index in [1.807, 2.05) is 17.5 Å². The van der Waals surface area contributed by atoms with Gasteiger partial charge in [0.1, 0.15) is 5.82 Å². The van der Waals surface area contributed by atoms with Crippen molar-refractivity contribution in [2.24, 2.45) is 0 Å². The SMILES string of the molecule is CS(=O)(=O)N1CCN(C(=O)c2cnc3ccc(F)cc3c2C2CCC(C#N)(c3cccs3)CC2)CC1. The zero-order chi connectivity index (χ0) is 25.5. The van der Waals surface area contributed by atoms with Gasteiger partial charge in [-0.3, -0.25) is 9.78 Å². The van der Waals surface area contributed by atoms with E-state index < -0.39 is 21.3 Å². The van der Waals surface area contributed by atoms with Gasteiger partial charge in [-0.05, 0) is 66.8 Å². The number of amides is 1. The van der Waals surface area contributed by atoms with Crippen molar-refractivity contribution in [2.45, 2.75) is 37.0 Å². The monoisotopic (exact) mass is 526 g/mol. The van der Waals surface area contributed by atoms with Gasteiger partial charge in [-0.1, -0.05) is 6.07 Å². The molecular formula is C26H27FN4O3S2. The average Bonchev–Trinajstić information content (AvgIpc) is 3.43. The zero-order valence-electron chi connectivity index (χ0n) is 20.0. The molecule has 7 nitrogen and oxygen atoms in total. The highest BCUT2D eigenvalue weighted by molar-refractivity contribution is 7.88. The highest BCUT2D eigenvalue weighted by atomic mass is 32.2. The van der Waals surface area contributed by atoms with Gasteiger partial charge in [0, 0.05) is 42.6 Å². The van der Waals surface area contributed by atoms with Crippen LogP contribution in [0.3, 0.4) is 0 Å². The summed E-state index contributed by atoms with van der Waals surface area (Å²) in [6.07, 6.45) is 5.46. The maximum Gasteiger partial charge on any atom is 0.255 e. The van der Waals surface area contributed by atoms with Gasteiger partial charge in [0.15, 0.2) is 0 Å². The molecule has 2 aromatic heterocycles. The van der Waals surface area contributed by atoms with Gasteiger partial charge < -0.3 is 4.90 Å². The van der Waals surface area contributed by atoms with Gasteiger partial charge in [-0.25, -0.2) is 12.8 Å². The quantitative estimate of drug-likeness (QED) is 0.506. The van der Waals surface area contributed by atoms with Crippen molar-refractivity contribution in [1.29, 1.82) is 5.26 Å². The van der Waals surface area contributed by atoms with Crippen molar-refractivity contribution in [3.05, 3.63) is 63.7 Å². The summed E-state index contributed by atoms with van der Waals surface area (Å²) in [5, 5.41) is 12.7. The van der Waals surface area contributed by atoms with Crippen molar-refractivity contribution in [3.63, 3.8) is 0 Å². The average molecular weight is 527 g/mol. The summed E-state index contributed by atoms with van der Waals surface area (Å²) in [4.78, 5) is 20.9. The number of carbonyl (C=O) groups excluding carboxylic acids is 1. The van der Waals surface area contributed by atoms with Gasteiger partial charge in [0.25, 0.3) is 5.91 Å². The normalized spacial score (nSPS) is 23.5. The topological polar surface area (TPSA) is 94.4 Å². The lowest BCUT2D eigenvalue weighted by atomic mass is 9.68. The first-order valence-corrected chi connectivity index (χ1v) is 14.7. The van der Waals surface area contributed by atoms with E-state index >= 15 is 0 Å². The van der Waals surface area contributed by atoms with Gasteiger partial charge in [-0.15, -0.1) is 11.3 Å². The van der Waals surface area contributed by atoms with Crippen LogP contribution in [-0.4, -0.2) is 60.9 Å². The van der Waals surface area contributed by atoms with Crippen LogP contribution in [0.15, 0.2) is 41.9 Å². The summed E-state index contributed by atoms with van der Waals surface area (Å²) < 4.78 is 39.5. The number of fused-ring (bicyclic) bond motifs is 1. The fourth-order valence-electron chi connectivity index (χ4n) is 5.55. The molecule has 0 N–H and O–H groups in total. The van der Waals surface area contributed by atoms with Crippen molar-refractivity contribution in [1.82, 2.24) is 14.2 Å². The Labute approximate surface area is 214 Å². The number of piperazine rings is 1. The Balaban J connectivity index is 1.48. The number of nitrogens with zero attached hydrogens (tertiary/aromatic N) is 4. The molecule has 5 rings (SSSR count). The number of nitriles is 1. The van der Waals surface area contributed by atoms with Crippen LogP contribution in [0, 0.1) is 17.1 Å². The third-order valence-corrected chi connectivity index (χ3v) is 9.93. The predicted octanol–water partition coefficient (Wildman–Crippen LogP) is 4.27. The third kappa shape index (κ3) is 4.51. The highest BCUT2D eigenvalue weighted by Gasteiger charge is 2.40. The Morgan fingerprint density at radius 3 is 2.53 bits per heavy atom. The van der Waals surface area contributed by atoms with E-state index in [1.165, 1.54) is 22.7 Å². The Kier molecular flexibility index (Phi) is 6.57. The van der Waals surface area contributed by atoms with Crippen LogP contribution in [0.4, 0.5) is 4.39 Å². The molecule has 3 heterocycles. The van der Waals surface area contributed by atoms with Crippen molar-refractivity contribution in [3.8, 4) is 6.07 Å². The molecule has 0 spiro atoms. The lowest BCUT2D eigenvalue weighted by Crippen LogP contribution is -2.50. The number of hydrogen-bond donors (Lipinski definition) is 0. The summed E-state index contributed by atoms with van der Waals surface area (Å²) in [5.74, 6) is -0.625. The molecule has 1 aliphatic heterocycles. The van der Waals surface area contributed by atoms with Gasteiger partial charge in [0.05, 0.1) is 28.8 Å². The number of aromatic nitrogens is 1. The maximum absolute atomic E-state index is 14.4. The largest absolute Gasteiger partial charge is 0.336 e. The van der Waals surface area contributed by atoms with Crippen LogP contribution in [0.5, 0.6) is 0 Å². The van der Waals surface area contributed by atoms with Crippen LogP contribution in [0.1, 0.15) is 52.4 Å². The van der Waals surface area contributed by atoms with Crippen LogP contribution in [0.25, 0.3) is 10.9 Å². The predicted molar refractivity (Wildman–Crippen MR) is 137 cm³/mol. The Morgan fingerprint density at radius 2 is 1.92 bits per heavy atom. The van der Waals surface area contributed by atoms with Crippen LogP contribution >= 0.6 is 11.3 Å². The molecule has 0 bridgehead atoms. The first kappa shape index (κ1) is 24.8. The van der Waals surface area contributed by atoms with E-state index in [4.69, 9.17) is 0 Å². The zero-order valence-corrected chi connectivity index (χ0v) is 21.6. The van der Waals surface area contributed by atoms with Gasteiger partial charge in [0.2, 0.25) is 10.0 Å². The lowest BCUT2D eigenvalue weighted by molar-refractivity contribution is 0.0696. The number of thiophene rings is 1. The standard InChI is InChI=1S/C26H27FN4O3S2/c1-36(33,34)31-12-10-30(11-13-31)25(32)21-16-29-22-5-4-19(27)15-20(22)24(21)18-6-8-26(17-28,9-7-18)23-3-2-14-35-23/h2-5,14-16,18H,6-13H2,1H3. The third-order valence-electron chi connectivity index (χ3n) is 7.55. The van der Waals surface area contributed by atoms with Crippen molar-refractivity contribution >= 4 is 38.2 Å². The number of sulfonamides is 1. The molecule has 3 aromatic rings. The molecule has 2 aliphatic rings. The molecule has 1 saturated carbocycles. The fourth-order valence-corrected chi connectivity index (χ4v) is 7.31. The van der Waals surface area contributed by atoms with Crippen molar-refractivity contribution in [2.75, 3.05) is 32.4 Å². The number of hydrogen-bond acceptors (Lipinski definition) is 6. The Bertz CT molecular complexity index is 1430. The molecule has 0 radical (unpaired) electrons. The summed E-state index contributed by atoms with van der Waals surface area (Å²) in [7, 11) is -3.32. The number of rotatable bonds is 4. The van der Waals surface area contributed by atoms with Crippen LogP contribution in [-0.2, 0) is 15.4 Å². The number of halogens is 1. The highest BCUT2D eigenvalue weighted by Crippen LogP contribution is 2.47. The molecule has 188 valence electrons. The molecule has 10 heteroatoms. The minimum absolute atomic E-state index is 0.0185. The Hall–Kier alpha value is -2.87. The van der Waals surface area contributed by atoms with Crippen LogP contribution in [0.2, 0.25) is 0 Å². The molecule has 36 heavy (non-hydrogen) atoms. The van der Waals surface area contributed by atoms with Gasteiger partial charge >= 0.3 is 0 Å². The Morgan fingerprint density at radius 1 is 1.19 bits per heavy atom. The minimum Gasteiger partial charge on any atom is -0.336 e. The number of carbonyl (C=O) groups is 1. The molecule has 1 aliphatic carbocycles. The van der Waals surface area contributed by atoms with Gasteiger partial charge in [-0.2, -0.15) is 9.57 Å². The molecule has 2 fully saturated rings. The number of benzene rings is 1. The van der Waals surface area contributed by atoms with E-state index in [2.05, 4.69) is 11.1 Å². The summed E-state index contributed by atoms with van der Waals surface area (Å²) in [5.41, 5.74) is 1.31. The number of pyridine rings is 1. The molecule has 0 atom stereocenters. The first-order valence-electron chi connectivity index (χ1n) is 12.0. The summed E-state index contributed by atoms with van der Waals surface area (Å²) in [6, 6.07) is 11.0. The van der Waals surface area contributed by atoms with E-state index in [1.54, 1.807) is 28.5 Å². The second kappa shape index (κ2) is 9.54. The van der Waals surface area contributed by atoms with E-state index in [0.29, 0.717) is 42.1 Å². The fraction of sp³-hybridized carbons (Fsp3) is 0.423. The molecule has 0 unspecified atom stereocenters. The molecular weight excluding hydrogens is 499 g/mol. The van der Waals surface area contributed by atoms with E-state index in [-0.39, 0.29) is 38.0 Å². The summed E-state index contributed by atoms with van der Waals surface area (Å²) >= 11 is 1.59. The van der Waals surface area contributed by atoms with E-state index in [0.717, 1.165) is 10.4 Å². The van der Waals surface area contributed by atoms with E-state index in [9.17, 15) is 22.9 Å². The molecule has 1 amide bonds. The van der Waals surface area contributed by atoms with Crippen molar-refractivity contribution < 1.29 is 17.6 Å². The molecule has 1 aromatic carbocycles. The summed E-state index contributed by atoms with van der Waals surface area (Å²) in [6.45, 7) is 1.05. The second-order valence-corrected chi connectivity index (χ2v) is 12.6. The molecule has 1 saturated heterocycles.